The third-order valence-electron chi connectivity index (χ3n) is 17.6. The summed E-state index contributed by atoms with van der Waals surface area (Å²) in [6.07, 6.45) is 6.88. The molecule has 1 heterocycles. The summed E-state index contributed by atoms with van der Waals surface area (Å²) in [4.78, 5) is 2.57. The lowest BCUT2D eigenvalue weighted by Crippen LogP contribution is -2.55. The molecule has 0 aliphatic heterocycles. The van der Waals surface area contributed by atoms with Crippen LogP contribution in [0.25, 0.3) is 83.1 Å². The maximum Gasteiger partial charge on any atom is 0.0547 e. The Morgan fingerprint density at radius 1 is 0.333 bits per heavy atom. The standard InChI is InChI=1S/C70H54N2/c1-3-17-49(18-4-1)56-21-7-8-22-57(56)58-23-9-10-24-59(58)62-26-12-15-29-67(62)71(55-36-38-61-60-25-11-14-28-65(60)70(66(61)45-55)51-40-46-39-47(42-51)43-52(70)41-46)54-34-31-48(32-35-54)50-33-37-64-63-27-13-16-30-68(63)72(69(64)44-50)53-19-5-2-6-20-53/h1-38,44-47,51-52H,39-43H2. The van der Waals surface area contributed by atoms with Gasteiger partial charge in [0.15, 0.2) is 0 Å². The van der Waals surface area contributed by atoms with Crippen LogP contribution in [0.1, 0.15) is 43.2 Å². The first-order valence-electron chi connectivity index (χ1n) is 26.3. The van der Waals surface area contributed by atoms with E-state index < -0.39 is 0 Å². The highest BCUT2D eigenvalue weighted by Gasteiger charge is 2.61. The van der Waals surface area contributed by atoms with E-state index in [-0.39, 0.29) is 5.41 Å². The minimum Gasteiger partial charge on any atom is -0.310 e. The molecule has 0 N–H and O–H groups in total. The maximum atomic E-state index is 2.65. The predicted molar refractivity (Wildman–Crippen MR) is 300 cm³/mol. The van der Waals surface area contributed by atoms with E-state index in [0.717, 1.165) is 17.5 Å². The summed E-state index contributed by atoms with van der Waals surface area (Å²) in [5, 5.41) is 2.53. The van der Waals surface area contributed by atoms with E-state index in [4.69, 9.17) is 0 Å². The number of rotatable bonds is 8. The Morgan fingerprint density at radius 2 is 0.861 bits per heavy atom. The van der Waals surface area contributed by atoms with Crippen LogP contribution < -0.4 is 4.90 Å². The van der Waals surface area contributed by atoms with Crippen LogP contribution >= 0.6 is 0 Å². The fourth-order valence-electron chi connectivity index (χ4n) is 15.0. The summed E-state index contributed by atoms with van der Waals surface area (Å²) < 4.78 is 2.42. The molecule has 0 atom stereocenters. The number of aromatic nitrogens is 1. The van der Waals surface area contributed by atoms with Gasteiger partial charge in [-0.15, -0.1) is 0 Å². The van der Waals surface area contributed by atoms with Crippen molar-refractivity contribution in [3.8, 4) is 61.3 Å². The number of nitrogens with zero attached hydrogens (tertiary/aromatic N) is 2. The number of para-hydroxylation sites is 3. The van der Waals surface area contributed by atoms with Crippen LogP contribution in [0.4, 0.5) is 17.1 Å². The van der Waals surface area contributed by atoms with Gasteiger partial charge in [-0.05, 0) is 172 Å². The van der Waals surface area contributed by atoms with Gasteiger partial charge in [-0.1, -0.05) is 188 Å². The minimum atomic E-state index is 0.0546. The van der Waals surface area contributed by atoms with Crippen molar-refractivity contribution in [3.05, 3.63) is 254 Å². The molecular weight excluding hydrogens is 869 g/mol. The van der Waals surface area contributed by atoms with Crippen molar-refractivity contribution in [2.24, 2.45) is 23.7 Å². The lowest BCUT2D eigenvalue weighted by molar-refractivity contribution is -0.0399. The Labute approximate surface area is 422 Å². The fraction of sp³-hybridized carbons (Fsp3) is 0.143. The molecule has 5 aliphatic carbocycles. The van der Waals surface area contributed by atoms with Gasteiger partial charge in [0.1, 0.15) is 0 Å². The SMILES string of the molecule is c1ccc(-c2ccccc2-c2ccccc2-c2ccccc2N(c2ccc(-c3ccc4c5ccccc5n(-c5ccccc5)c4c3)cc2)c2ccc3c(c2)C2(c4ccccc4-3)C3CC4CC(C3)CC2C4)cc1. The van der Waals surface area contributed by atoms with E-state index in [1.165, 1.54) is 127 Å². The Kier molecular flexibility index (Phi) is 9.49. The molecule has 5 aliphatic rings. The molecule has 1 spiro atoms. The molecule has 11 aromatic rings. The van der Waals surface area contributed by atoms with E-state index in [0.29, 0.717) is 11.8 Å². The average Bonchev–Trinajstić information content (AvgIpc) is 3.93. The monoisotopic (exact) mass is 922 g/mol. The summed E-state index contributed by atoms with van der Waals surface area (Å²) >= 11 is 0. The molecule has 2 nitrogen and oxygen atoms in total. The quantitative estimate of drug-likeness (QED) is 0.147. The zero-order chi connectivity index (χ0) is 47.3. The highest BCUT2D eigenvalue weighted by atomic mass is 15.1. The zero-order valence-corrected chi connectivity index (χ0v) is 40.3. The number of benzene rings is 10. The molecule has 0 saturated heterocycles. The number of anilines is 3. The first kappa shape index (κ1) is 41.6. The van der Waals surface area contributed by atoms with Gasteiger partial charge in [-0.3, -0.25) is 0 Å². The Bertz CT molecular complexity index is 3850. The van der Waals surface area contributed by atoms with Gasteiger partial charge in [-0.25, -0.2) is 0 Å². The van der Waals surface area contributed by atoms with Crippen LogP contribution in [0.2, 0.25) is 0 Å². The van der Waals surface area contributed by atoms with Crippen molar-refractivity contribution in [2.75, 3.05) is 4.90 Å². The highest BCUT2D eigenvalue weighted by molar-refractivity contribution is 6.10. The molecule has 2 heteroatoms. The van der Waals surface area contributed by atoms with Crippen LogP contribution in [0.5, 0.6) is 0 Å². The van der Waals surface area contributed by atoms with E-state index in [1.807, 2.05) is 0 Å². The Morgan fingerprint density at radius 3 is 1.60 bits per heavy atom. The third-order valence-corrected chi connectivity index (χ3v) is 17.6. The second-order valence-corrected chi connectivity index (χ2v) is 21.2. The summed E-state index contributed by atoms with van der Waals surface area (Å²) in [6.45, 7) is 0. The largest absolute Gasteiger partial charge is 0.310 e. The first-order chi connectivity index (χ1) is 35.7. The number of hydrogen-bond acceptors (Lipinski definition) is 1. The van der Waals surface area contributed by atoms with Crippen molar-refractivity contribution in [1.82, 2.24) is 4.57 Å². The summed E-state index contributed by atoms with van der Waals surface area (Å²) in [5.74, 6) is 3.13. The molecule has 0 amide bonds. The molecule has 0 unspecified atom stereocenters. The minimum absolute atomic E-state index is 0.0546. The van der Waals surface area contributed by atoms with Crippen molar-refractivity contribution in [1.29, 1.82) is 0 Å². The molecule has 10 aromatic carbocycles. The zero-order valence-electron chi connectivity index (χ0n) is 40.3. The summed E-state index contributed by atoms with van der Waals surface area (Å²) in [5.41, 5.74) is 22.9. The molecular formula is C70H54N2. The van der Waals surface area contributed by atoms with Crippen molar-refractivity contribution >= 4 is 38.9 Å². The Hall–Kier alpha value is -8.20. The van der Waals surface area contributed by atoms with Gasteiger partial charge in [0.25, 0.3) is 0 Å². The molecule has 72 heavy (non-hydrogen) atoms. The summed E-state index contributed by atoms with van der Waals surface area (Å²) in [6, 6.07) is 90.9. The van der Waals surface area contributed by atoms with Crippen LogP contribution in [-0.4, -0.2) is 4.57 Å². The lowest BCUT2D eigenvalue weighted by Gasteiger charge is -2.61. The van der Waals surface area contributed by atoms with E-state index in [2.05, 4.69) is 252 Å². The van der Waals surface area contributed by atoms with Crippen LogP contribution in [-0.2, 0) is 5.41 Å². The average molecular weight is 923 g/mol. The predicted octanol–water partition coefficient (Wildman–Crippen LogP) is 18.6. The van der Waals surface area contributed by atoms with Crippen LogP contribution in [0, 0.1) is 23.7 Å². The number of hydrogen-bond donors (Lipinski definition) is 0. The molecule has 0 radical (unpaired) electrons. The highest BCUT2D eigenvalue weighted by Crippen LogP contribution is 2.69. The molecule has 16 rings (SSSR count). The second-order valence-electron chi connectivity index (χ2n) is 21.2. The van der Waals surface area contributed by atoms with Gasteiger partial charge in [0.05, 0.1) is 16.7 Å². The lowest BCUT2D eigenvalue weighted by atomic mass is 9.43. The van der Waals surface area contributed by atoms with E-state index >= 15 is 0 Å². The molecule has 4 fully saturated rings. The molecule has 1 aromatic heterocycles. The van der Waals surface area contributed by atoms with E-state index in [9.17, 15) is 0 Å². The molecule has 4 bridgehead atoms. The summed E-state index contributed by atoms with van der Waals surface area (Å²) in [7, 11) is 0. The van der Waals surface area contributed by atoms with Gasteiger partial charge in [0.2, 0.25) is 0 Å². The van der Waals surface area contributed by atoms with Gasteiger partial charge >= 0.3 is 0 Å². The third kappa shape index (κ3) is 6.28. The second kappa shape index (κ2) is 16.4. The topological polar surface area (TPSA) is 8.17 Å². The van der Waals surface area contributed by atoms with Crippen molar-refractivity contribution in [3.63, 3.8) is 0 Å². The van der Waals surface area contributed by atoms with Crippen molar-refractivity contribution < 1.29 is 0 Å². The van der Waals surface area contributed by atoms with Gasteiger partial charge in [-0.2, -0.15) is 0 Å². The molecule has 4 saturated carbocycles. The number of fused-ring (bicyclic) bond motifs is 6. The first-order valence-corrected chi connectivity index (χ1v) is 26.3. The van der Waals surface area contributed by atoms with Gasteiger partial charge < -0.3 is 9.47 Å². The molecule has 344 valence electrons. The van der Waals surface area contributed by atoms with E-state index in [1.54, 1.807) is 11.1 Å². The maximum absolute atomic E-state index is 2.65. The van der Waals surface area contributed by atoms with Crippen molar-refractivity contribution in [2.45, 2.75) is 37.5 Å². The fourth-order valence-corrected chi connectivity index (χ4v) is 15.0. The van der Waals surface area contributed by atoms with Crippen LogP contribution in [0.3, 0.4) is 0 Å². The smallest absolute Gasteiger partial charge is 0.0547 e. The van der Waals surface area contributed by atoms with Crippen LogP contribution in [0.15, 0.2) is 243 Å². The Balaban J connectivity index is 0.914. The van der Waals surface area contributed by atoms with Gasteiger partial charge in [0, 0.05) is 38.8 Å². The normalized spacial score (nSPS) is 20.3.